The molecule has 0 heterocycles. The van der Waals surface area contributed by atoms with Crippen LogP contribution in [0.15, 0.2) is 24.3 Å². The largest absolute Gasteiger partial charge is 0.497 e. The Hall–Kier alpha value is -0.883. The highest BCUT2D eigenvalue weighted by atomic mass is 28.3. The lowest BCUT2D eigenvalue weighted by Crippen LogP contribution is -2.30. The van der Waals surface area contributed by atoms with Crippen LogP contribution < -0.4 is 4.74 Å². The molecule has 154 valence electrons. The van der Waals surface area contributed by atoms with Crippen LogP contribution in [0.2, 0.25) is 6.04 Å². The Bertz CT molecular complexity index is 500. The highest BCUT2D eigenvalue weighted by Gasteiger charge is 2.23. The molecule has 0 saturated heterocycles. The van der Waals surface area contributed by atoms with Gasteiger partial charge >= 0.3 is 9.28 Å². The molecule has 0 N–H and O–H groups in total. The summed E-state index contributed by atoms with van der Waals surface area (Å²) in [6.07, 6.45) is 6.67. The molecule has 27 heavy (non-hydrogen) atoms. The number of hydrogen-bond acceptors (Lipinski definition) is 4. The SMILES string of the molecule is COc1ccc(C2CCC(OCCC[SiH](OC(C)C)OC(C)C)CC2)cc1. The van der Waals surface area contributed by atoms with Crippen molar-refractivity contribution in [3.05, 3.63) is 29.8 Å². The van der Waals surface area contributed by atoms with Crippen LogP contribution in [-0.4, -0.2) is 41.3 Å². The van der Waals surface area contributed by atoms with Gasteiger partial charge in [-0.3, -0.25) is 0 Å². The number of hydrogen-bond donors (Lipinski definition) is 0. The summed E-state index contributed by atoms with van der Waals surface area (Å²) in [5.41, 5.74) is 1.43. The van der Waals surface area contributed by atoms with E-state index in [0.717, 1.165) is 37.7 Å². The van der Waals surface area contributed by atoms with Crippen LogP contribution in [0.5, 0.6) is 5.75 Å². The molecule has 0 atom stereocenters. The molecular weight excluding hydrogens is 356 g/mol. The number of benzene rings is 1. The molecule has 0 radical (unpaired) electrons. The summed E-state index contributed by atoms with van der Waals surface area (Å²) >= 11 is 0. The van der Waals surface area contributed by atoms with E-state index >= 15 is 0 Å². The van der Waals surface area contributed by atoms with E-state index in [-0.39, 0.29) is 12.2 Å². The predicted octanol–water partition coefficient (Wildman–Crippen LogP) is 5.20. The van der Waals surface area contributed by atoms with Crippen molar-refractivity contribution >= 4 is 9.28 Å². The van der Waals surface area contributed by atoms with E-state index in [1.807, 2.05) is 0 Å². The topological polar surface area (TPSA) is 36.9 Å². The fourth-order valence-electron chi connectivity index (χ4n) is 3.71. The Morgan fingerprint density at radius 3 is 2.04 bits per heavy atom. The van der Waals surface area contributed by atoms with Gasteiger partial charge in [-0.05, 0) is 89.5 Å². The fourth-order valence-corrected chi connectivity index (χ4v) is 5.76. The van der Waals surface area contributed by atoms with Crippen molar-refractivity contribution in [3.63, 3.8) is 0 Å². The van der Waals surface area contributed by atoms with Gasteiger partial charge in [-0.15, -0.1) is 0 Å². The summed E-state index contributed by atoms with van der Waals surface area (Å²) in [5, 5.41) is 0. The number of ether oxygens (including phenoxy) is 2. The molecule has 0 amide bonds. The van der Waals surface area contributed by atoms with Gasteiger partial charge < -0.3 is 18.3 Å². The molecule has 5 heteroatoms. The Balaban J connectivity index is 1.65. The van der Waals surface area contributed by atoms with Crippen LogP contribution in [0.25, 0.3) is 0 Å². The molecule has 1 aromatic rings. The van der Waals surface area contributed by atoms with Crippen molar-refractivity contribution < 1.29 is 18.3 Å². The van der Waals surface area contributed by atoms with Crippen molar-refractivity contribution in [2.75, 3.05) is 13.7 Å². The third-order valence-electron chi connectivity index (χ3n) is 5.05. The van der Waals surface area contributed by atoms with Gasteiger partial charge in [0.1, 0.15) is 5.75 Å². The second-order valence-corrected chi connectivity index (χ2v) is 10.0. The Labute approximate surface area is 167 Å². The molecule has 1 aromatic carbocycles. The van der Waals surface area contributed by atoms with Crippen molar-refractivity contribution in [2.24, 2.45) is 0 Å². The lowest BCUT2D eigenvalue weighted by atomic mass is 9.83. The van der Waals surface area contributed by atoms with Gasteiger partial charge in [-0.25, -0.2) is 0 Å². The average molecular weight is 395 g/mol. The second kappa shape index (κ2) is 11.8. The minimum Gasteiger partial charge on any atom is -0.497 e. The molecular formula is C22H38O4Si. The molecule has 0 aliphatic heterocycles. The van der Waals surface area contributed by atoms with Gasteiger partial charge in [-0.1, -0.05) is 12.1 Å². The first-order valence-corrected chi connectivity index (χ1v) is 12.3. The number of methoxy groups -OCH3 is 1. The minimum absolute atomic E-state index is 0.245. The van der Waals surface area contributed by atoms with Crippen LogP contribution in [0.4, 0.5) is 0 Å². The molecule has 0 spiro atoms. The highest BCUT2D eigenvalue weighted by Crippen LogP contribution is 2.34. The van der Waals surface area contributed by atoms with E-state index in [9.17, 15) is 0 Å². The average Bonchev–Trinajstić information content (AvgIpc) is 2.65. The summed E-state index contributed by atoms with van der Waals surface area (Å²) in [7, 11) is 0.142. The van der Waals surface area contributed by atoms with Gasteiger partial charge in [0.05, 0.1) is 13.2 Å². The van der Waals surface area contributed by atoms with Crippen LogP contribution in [0.3, 0.4) is 0 Å². The monoisotopic (exact) mass is 394 g/mol. The summed E-state index contributed by atoms with van der Waals surface area (Å²) in [6.45, 7) is 9.16. The maximum atomic E-state index is 6.16. The molecule has 1 saturated carbocycles. The lowest BCUT2D eigenvalue weighted by Gasteiger charge is -2.29. The fraction of sp³-hybridized carbons (Fsp3) is 0.727. The maximum absolute atomic E-state index is 6.16. The van der Waals surface area contributed by atoms with Gasteiger partial charge in [-0.2, -0.15) is 0 Å². The summed E-state index contributed by atoms with van der Waals surface area (Å²) < 4.78 is 23.4. The number of rotatable bonds is 11. The smallest absolute Gasteiger partial charge is 0.321 e. The summed E-state index contributed by atoms with van der Waals surface area (Å²) in [6, 6.07) is 9.57. The molecule has 2 rings (SSSR count). The third kappa shape index (κ3) is 8.34. The second-order valence-electron chi connectivity index (χ2n) is 8.06. The zero-order chi connectivity index (χ0) is 19.6. The Kier molecular flexibility index (Phi) is 9.83. The van der Waals surface area contributed by atoms with E-state index in [0.29, 0.717) is 12.0 Å². The Morgan fingerprint density at radius 1 is 0.926 bits per heavy atom. The van der Waals surface area contributed by atoms with Crippen molar-refractivity contribution in [1.29, 1.82) is 0 Å². The quantitative estimate of drug-likeness (QED) is 0.382. The van der Waals surface area contributed by atoms with Crippen LogP contribution in [-0.2, 0) is 13.6 Å². The lowest BCUT2D eigenvalue weighted by molar-refractivity contribution is 0.0237. The van der Waals surface area contributed by atoms with Gasteiger partial charge in [0.15, 0.2) is 0 Å². The van der Waals surface area contributed by atoms with Crippen molar-refractivity contribution in [3.8, 4) is 5.75 Å². The van der Waals surface area contributed by atoms with Crippen LogP contribution in [0.1, 0.15) is 71.3 Å². The van der Waals surface area contributed by atoms with E-state index in [2.05, 4.69) is 52.0 Å². The highest BCUT2D eigenvalue weighted by molar-refractivity contribution is 6.44. The van der Waals surface area contributed by atoms with E-state index < -0.39 is 9.28 Å². The molecule has 1 fully saturated rings. The van der Waals surface area contributed by atoms with E-state index in [1.54, 1.807) is 7.11 Å². The van der Waals surface area contributed by atoms with E-state index in [1.165, 1.54) is 18.4 Å². The van der Waals surface area contributed by atoms with Crippen molar-refractivity contribution in [2.45, 2.75) is 90.1 Å². The molecule has 0 unspecified atom stereocenters. The molecule has 0 aromatic heterocycles. The Morgan fingerprint density at radius 2 is 1.52 bits per heavy atom. The first kappa shape index (κ1) is 22.4. The van der Waals surface area contributed by atoms with Crippen molar-refractivity contribution in [1.82, 2.24) is 0 Å². The van der Waals surface area contributed by atoms with Gasteiger partial charge in [0.25, 0.3) is 0 Å². The van der Waals surface area contributed by atoms with Crippen LogP contribution in [0, 0.1) is 0 Å². The van der Waals surface area contributed by atoms with Gasteiger partial charge in [0.2, 0.25) is 0 Å². The van der Waals surface area contributed by atoms with Crippen LogP contribution >= 0.6 is 0 Å². The summed E-state index contributed by atoms with van der Waals surface area (Å²) in [4.78, 5) is 0. The first-order valence-electron chi connectivity index (χ1n) is 10.5. The third-order valence-corrected chi connectivity index (χ3v) is 7.62. The zero-order valence-electron chi connectivity index (χ0n) is 17.8. The summed E-state index contributed by atoms with van der Waals surface area (Å²) in [5.74, 6) is 1.59. The molecule has 1 aliphatic rings. The molecule has 4 nitrogen and oxygen atoms in total. The maximum Gasteiger partial charge on any atom is 0.321 e. The predicted molar refractivity (Wildman–Crippen MR) is 113 cm³/mol. The minimum atomic E-state index is -1.57. The first-order chi connectivity index (χ1) is 13.0. The zero-order valence-corrected chi connectivity index (χ0v) is 18.9. The molecule has 0 bridgehead atoms. The van der Waals surface area contributed by atoms with Gasteiger partial charge in [0, 0.05) is 18.8 Å². The molecule has 1 aliphatic carbocycles. The van der Waals surface area contributed by atoms with E-state index in [4.69, 9.17) is 18.3 Å². The standard InChI is InChI=1S/C22H38O4Si/c1-17(2)25-27(26-18(3)4)16-6-15-24-22-13-9-20(10-14-22)19-7-11-21(23-5)12-8-19/h7-8,11-12,17-18,20,22,27H,6,9-10,13-16H2,1-5H3. The normalized spacial score (nSPS) is 20.6.